The number of carbonyl (C=O) groups excluding carboxylic acids is 5. The maximum atomic E-state index is 13.4. The third-order valence-corrected chi connectivity index (χ3v) is 8.00. The smallest absolute Gasteiger partial charge is 0.339 e. The molecule has 53 heavy (non-hydrogen) atoms. The standard InChI is InChI=1S/C35H49N3O15/c1-18(39)46-17-21-23(24(22(37-38-36)30(45-10)49-21)47-16-20-14-12-11-13-15-20)50-31-28(48-19(2)40)26(53-33(43)35(6,7)8)25(27(51-31)29(41)44-9)52-32(42)34(3,4)5/h11-15,21-28,30-31H,16-17H2,1-10H3/t21-,22-,23-,24-,25+,26+,27-,28-,30+,31-/m1/s1. The minimum absolute atomic E-state index is 0.0418. The lowest BCUT2D eigenvalue weighted by Gasteiger charge is -2.48. The van der Waals surface area contributed by atoms with E-state index in [9.17, 15) is 29.5 Å². The molecule has 2 saturated heterocycles. The van der Waals surface area contributed by atoms with Crippen molar-refractivity contribution >= 4 is 29.8 Å². The average Bonchev–Trinajstić information content (AvgIpc) is 3.08. The number of carbonyl (C=O) groups is 5. The molecule has 2 aliphatic heterocycles. The third kappa shape index (κ3) is 11.6. The van der Waals surface area contributed by atoms with Crippen LogP contribution in [0.3, 0.4) is 0 Å². The highest BCUT2D eigenvalue weighted by molar-refractivity contribution is 5.80. The van der Waals surface area contributed by atoms with E-state index in [-0.39, 0.29) is 6.61 Å². The van der Waals surface area contributed by atoms with Crippen LogP contribution in [0, 0.1) is 10.8 Å². The second-order valence-electron chi connectivity index (χ2n) is 14.4. The molecular formula is C35H49N3O15. The van der Waals surface area contributed by atoms with Crippen LogP contribution in [-0.4, -0.2) is 112 Å². The molecule has 18 heteroatoms. The second-order valence-corrected chi connectivity index (χ2v) is 14.4. The molecule has 0 amide bonds. The van der Waals surface area contributed by atoms with E-state index in [0.29, 0.717) is 0 Å². The van der Waals surface area contributed by atoms with Gasteiger partial charge in [-0.1, -0.05) is 35.4 Å². The van der Waals surface area contributed by atoms with Crippen molar-refractivity contribution in [2.75, 3.05) is 20.8 Å². The zero-order valence-corrected chi connectivity index (χ0v) is 31.5. The van der Waals surface area contributed by atoms with Crippen LogP contribution in [-0.2, 0) is 77.9 Å². The Morgan fingerprint density at radius 3 is 1.89 bits per heavy atom. The van der Waals surface area contributed by atoms with E-state index in [0.717, 1.165) is 19.6 Å². The summed E-state index contributed by atoms with van der Waals surface area (Å²) >= 11 is 0. The van der Waals surface area contributed by atoms with Crippen molar-refractivity contribution in [2.45, 2.75) is 123 Å². The summed E-state index contributed by atoms with van der Waals surface area (Å²) in [6, 6.07) is 7.74. The fraction of sp³-hybridized carbons (Fsp3) is 0.686. The minimum Gasteiger partial charge on any atom is -0.467 e. The van der Waals surface area contributed by atoms with Crippen LogP contribution in [0.2, 0.25) is 0 Å². The van der Waals surface area contributed by atoms with Crippen molar-refractivity contribution in [3.8, 4) is 0 Å². The zero-order chi connectivity index (χ0) is 39.7. The minimum atomic E-state index is -1.81. The Bertz CT molecular complexity index is 1490. The first kappa shape index (κ1) is 43.1. The highest BCUT2D eigenvalue weighted by Gasteiger charge is 2.59. The van der Waals surface area contributed by atoms with Gasteiger partial charge in [-0.15, -0.1) is 0 Å². The fourth-order valence-electron chi connectivity index (χ4n) is 5.29. The van der Waals surface area contributed by atoms with Crippen LogP contribution in [0.25, 0.3) is 10.4 Å². The molecule has 2 aliphatic rings. The second kappa shape index (κ2) is 18.6. The first-order chi connectivity index (χ1) is 24.8. The van der Waals surface area contributed by atoms with E-state index in [1.807, 2.05) is 6.07 Å². The lowest BCUT2D eigenvalue weighted by Crippen LogP contribution is -2.67. The number of rotatable bonds is 13. The SMILES string of the molecule is COC(=O)[C@@H]1O[C@@H](O[C@H]2[C@H](OCc3ccccc3)[C@@H](N=[N+]=[N-])[C@@H](OC)O[C@@H]2COC(C)=O)[C@H](OC(C)=O)[C@@H](OC(=O)C(C)(C)C)[C@@H]1OC(=O)C(C)(C)C. The summed E-state index contributed by atoms with van der Waals surface area (Å²) in [6.45, 7) is 11.1. The molecule has 0 aromatic heterocycles. The quantitative estimate of drug-likeness (QED) is 0.0926. The summed E-state index contributed by atoms with van der Waals surface area (Å²) in [5.41, 5.74) is 8.03. The molecule has 0 unspecified atom stereocenters. The topological polar surface area (TPSA) is 226 Å². The van der Waals surface area contributed by atoms with Crippen molar-refractivity contribution in [3.05, 3.63) is 46.3 Å². The first-order valence-electron chi connectivity index (χ1n) is 16.8. The molecule has 18 nitrogen and oxygen atoms in total. The van der Waals surface area contributed by atoms with Crippen LogP contribution in [0.1, 0.15) is 61.0 Å². The number of benzene rings is 1. The van der Waals surface area contributed by atoms with E-state index in [1.165, 1.54) is 14.0 Å². The van der Waals surface area contributed by atoms with Crippen LogP contribution >= 0.6 is 0 Å². The number of nitrogens with zero attached hydrogens (tertiary/aromatic N) is 3. The lowest BCUT2D eigenvalue weighted by molar-refractivity contribution is -0.347. The highest BCUT2D eigenvalue weighted by Crippen LogP contribution is 2.37. The van der Waals surface area contributed by atoms with Gasteiger partial charge in [0.25, 0.3) is 0 Å². The monoisotopic (exact) mass is 751 g/mol. The molecule has 0 aliphatic carbocycles. The van der Waals surface area contributed by atoms with Gasteiger partial charge in [-0.3, -0.25) is 19.2 Å². The number of esters is 5. The molecule has 1 aromatic carbocycles. The molecule has 3 rings (SSSR count). The molecule has 2 heterocycles. The molecule has 2 fully saturated rings. The molecular weight excluding hydrogens is 702 g/mol. The first-order valence-corrected chi connectivity index (χ1v) is 16.8. The molecule has 0 spiro atoms. The summed E-state index contributed by atoms with van der Waals surface area (Å²) in [6.07, 6.45) is -13.8. The highest BCUT2D eigenvalue weighted by atomic mass is 16.8. The number of hydrogen-bond acceptors (Lipinski definition) is 16. The van der Waals surface area contributed by atoms with Crippen LogP contribution in [0.5, 0.6) is 0 Å². The van der Waals surface area contributed by atoms with Gasteiger partial charge in [0.15, 0.2) is 37.0 Å². The number of ether oxygens (including phenoxy) is 10. The molecule has 10 atom stereocenters. The van der Waals surface area contributed by atoms with Gasteiger partial charge >= 0.3 is 29.8 Å². The largest absolute Gasteiger partial charge is 0.467 e. The Hall–Kier alpha value is -4.32. The Balaban J connectivity index is 2.22. The van der Waals surface area contributed by atoms with Crippen LogP contribution in [0.4, 0.5) is 0 Å². The van der Waals surface area contributed by atoms with E-state index in [4.69, 9.17) is 47.4 Å². The molecule has 0 N–H and O–H groups in total. The van der Waals surface area contributed by atoms with Gasteiger partial charge in [-0.25, -0.2) is 4.79 Å². The zero-order valence-electron chi connectivity index (χ0n) is 31.5. The van der Waals surface area contributed by atoms with Gasteiger partial charge in [0, 0.05) is 25.9 Å². The molecule has 0 bridgehead atoms. The number of hydrogen-bond donors (Lipinski definition) is 0. The van der Waals surface area contributed by atoms with E-state index < -0.39 is 109 Å². The molecule has 294 valence electrons. The van der Waals surface area contributed by atoms with Gasteiger partial charge in [0.05, 0.1) is 24.5 Å². The van der Waals surface area contributed by atoms with Crippen molar-refractivity contribution in [1.82, 2.24) is 0 Å². The Labute approximate surface area is 307 Å². The maximum Gasteiger partial charge on any atom is 0.339 e. The van der Waals surface area contributed by atoms with Gasteiger partial charge in [0.1, 0.15) is 31.0 Å². The predicted molar refractivity (Wildman–Crippen MR) is 180 cm³/mol. The van der Waals surface area contributed by atoms with Gasteiger partial charge in [0.2, 0.25) is 0 Å². The average molecular weight is 752 g/mol. The Morgan fingerprint density at radius 1 is 0.774 bits per heavy atom. The van der Waals surface area contributed by atoms with Crippen molar-refractivity contribution in [2.24, 2.45) is 15.9 Å². The van der Waals surface area contributed by atoms with Crippen molar-refractivity contribution in [3.63, 3.8) is 0 Å². The van der Waals surface area contributed by atoms with Crippen LogP contribution < -0.4 is 0 Å². The third-order valence-electron chi connectivity index (χ3n) is 8.00. The van der Waals surface area contributed by atoms with E-state index in [2.05, 4.69) is 10.0 Å². The number of methoxy groups -OCH3 is 2. The van der Waals surface area contributed by atoms with Crippen molar-refractivity contribution in [1.29, 1.82) is 0 Å². The molecule has 1 aromatic rings. The summed E-state index contributed by atoms with van der Waals surface area (Å²) in [5.74, 6) is -4.23. The van der Waals surface area contributed by atoms with Gasteiger partial charge < -0.3 is 47.4 Å². The summed E-state index contributed by atoms with van der Waals surface area (Å²) in [4.78, 5) is 67.7. The van der Waals surface area contributed by atoms with Gasteiger partial charge in [-0.2, -0.15) is 0 Å². The fourth-order valence-corrected chi connectivity index (χ4v) is 5.29. The summed E-state index contributed by atoms with van der Waals surface area (Å²) in [7, 11) is 2.36. The molecule has 0 saturated carbocycles. The Kier molecular flexibility index (Phi) is 15.1. The summed E-state index contributed by atoms with van der Waals surface area (Å²) in [5, 5.41) is 3.87. The molecule has 0 radical (unpaired) electrons. The van der Waals surface area contributed by atoms with E-state index >= 15 is 0 Å². The van der Waals surface area contributed by atoms with Crippen LogP contribution in [0.15, 0.2) is 35.4 Å². The Morgan fingerprint density at radius 2 is 1.38 bits per heavy atom. The summed E-state index contributed by atoms with van der Waals surface area (Å²) < 4.78 is 58.1. The predicted octanol–water partition coefficient (Wildman–Crippen LogP) is 3.32. The van der Waals surface area contributed by atoms with Crippen molar-refractivity contribution < 1.29 is 71.3 Å². The maximum absolute atomic E-state index is 13.4. The van der Waals surface area contributed by atoms with Gasteiger partial charge in [-0.05, 0) is 52.6 Å². The van der Waals surface area contributed by atoms with E-state index in [1.54, 1.807) is 65.8 Å². The normalized spacial score (nSPS) is 28.8. The number of azide groups is 1. The lowest BCUT2D eigenvalue weighted by atomic mass is 9.93.